The summed E-state index contributed by atoms with van der Waals surface area (Å²) in [6.45, 7) is 12.6. The Hall–Kier alpha value is -0.530. The van der Waals surface area contributed by atoms with E-state index in [2.05, 4.69) is 39.9 Å². The zero-order valence-corrected chi connectivity index (χ0v) is 11.2. The van der Waals surface area contributed by atoms with E-state index in [4.69, 9.17) is 0 Å². The van der Waals surface area contributed by atoms with Crippen LogP contribution in [0.15, 0.2) is 0 Å². The standard InChI is InChI=1S/C13H27NO/c1-7-12(5,8-2)11(15)14-13(6,9-3)10-4/h7-10H2,1-6H3,(H,14,15). The monoisotopic (exact) mass is 213 g/mol. The first-order chi connectivity index (χ1) is 6.87. The first-order valence-electron chi connectivity index (χ1n) is 6.20. The summed E-state index contributed by atoms with van der Waals surface area (Å²) in [6.07, 6.45) is 3.77. The van der Waals surface area contributed by atoms with Gasteiger partial charge in [-0.1, -0.05) is 34.6 Å². The molecule has 0 aromatic carbocycles. The first kappa shape index (κ1) is 14.5. The minimum Gasteiger partial charge on any atom is -0.350 e. The van der Waals surface area contributed by atoms with Crippen LogP contribution in [0.4, 0.5) is 0 Å². The van der Waals surface area contributed by atoms with E-state index in [1.54, 1.807) is 0 Å². The number of carbonyl (C=O) groups excluding carboxylic acids is 1. The molecule has 90 valence electrons. The molecule has 0 aliphatic rings. The molecule has 0 aliphatic heterocycles. The third-order valence-corrected chi connectivity index (χ3v) is 4.08. The van der Waals surface area contributed by atoms with Gasteiger partial charge in [0.1, 0.15) is 0 Å². The summed E-state index contributed by atoms with van der Waals surface area (Å²) in [6, 6.07) is 0. The number of hydrogen-bond acceptors (Lipinski definition) is 1. The summed E-state index contributed by atoms with van der Waals surface area (Å²) in [5, 5.41) is 3.20. The number of nitrogens with one attached hydrogen (secondary N) is 1. The molecule has 0 saturated heterocycles. The summed E-state index contributed by atoms with van der Waals surface area (Å²) in [5.41, 5.74) is -0.242. The highest BCUT2D eigenvalue weighted by Gasteiger charge is 2.33. The molecular weight excluding hydrogens is 186 g/mol. The van der Waals surface area contributed by atoms with Gasteiger partial charge in [0.15, 0.2) is 0 Å². The second kappa shape index (κ2) is 5.53. The van der Waals surface area contributed by atoms with Crippen LogP contribution in [0.25, 0.3) is 0 Å². The normalized spacial score (nSPS) is 12.7. The minimum atomic E-state index is -0.203. The van der Waals surface area contributed by atoms with Gasteiger partial charge in [-0.25, -0.2) is 0 Å². The van der Waals surface area contributed by atoms with Crippen molar-refractivity contribution in [2.24, 2.45) is 5.41 Å². The van der Waals surface area contributed by atoms with E-state index in [-0.39, 0.29) is 16.9 Å². The van der Waals surface area contributed by atoms with E-state index < -0.39 is 0 Å². The molecule has 2 heteroatoms. The van der Waals surface area contributed by atoms with Gasteiger partial charge >= 0.3 is 0 Å². The van der Waals surface area contributed by atoms with Gasteiger partial charge in [-0.3, -0.25) is 4.79 Å². The maximum atomic E-state index is 12.1. The largest absolute Gasteiger partial charge is 0.350 e. The molecule has 1 amide bonds. The van der Waals surface area contributed by atoms with Gasteiger partial charge in [-0.2, -0.15) is 0 Å². The Bertz CT molecular complexity index is 203. The van der Waals surface area contributed by atoms with Crippen LogP contribution >= 0.6 is 0 Å². The van der Waals surface area contributed by atoms with Crippen LogP contribution in [0.5, 0.6) is 0 Å². The Morgan fingerprint density at radius 3 is 1.60 bits per heavy atom. The van der Waals surface area contributed by atoms with Crippen LogP contribution in [0, 0.1) is 5.41 Å². The molecule has 2 nitrogen and oxygen atoms in total. The molecule has 0 aromatic heterocycles. The molecule has 0 aromatic rings. The van der Waals surface area contributed by atoms with Crippen molar-refractivity contribution in [2.45, 2.75) is 72.8 Å². The Morgan fingerprint density at radius 1 is 0.933 bits per heavy atom. The number of carbonyl (C=O) groups is 1. The molecule has 15 heavy (non-hydrogen) atoms. The van der Waals surface area contributed by atoms with Crippen molar-refractivity contribution in [2.75, 3.05) is 0 Å². The van der Waals surface area contributed by atoms with Gasteiger partial charge < -0.3 is 5.32 Å². The van der Waals surface area contributed by atoms with Gasteiger partial charge in [0.2, 0.25) is 5.91 Å². The van der Waals surface area contributed by atoms with E-state index in [0.29, 0.717) is 0 Å². The average molecular weight is 213 g/mol. The maximum Gasteiger partial charge on any atom is 0.226 e. The first-order valence-corrected chi connectivity index (χ1v) is 6.20. The number of hydrogen-bond donors (Lipinski definition) is 1. The maximum absolute atomic E-state index is 12.1. The van der Waals surface area contributed by atoms with E-state index in [1.165, 1.54) is 0 Å². The minimum absolute atomic E-state index is 0.0390. The third kappa shape index (κ3) is 3.51. The molecule has 0 heterocycles. The lowest BCUT2D eigenvalue weighted by Gasteiger charge is -2.34. The van der Waals surface area contributed by atoms with Gasteiger partial charge in [-0.05, 0) is 32.6 Å². The van der Waals surface area contributed by atoms with Gasteiger partial charge in [0.05, 0.1) is 0 Å². The third-order valence-electron chi connectivity index (χ3n) is 4.08. The van der Waals surface area contributed by atoms with Crippen molar-refractivity contribution in [3.63, 3.8) is 0 Å². The fraction of sp³-hybridized carbons (Fsp3) is 0.923. The molecule has 0 rings (SSSR count). The topological polar surface area (TPSA) is 29.1 Å². The van der Waals surface area contributed by atoms with Crippen LogP contribution in [0.3, 0.4) is 0 Å². The molecule has 0 saturated carbocycles. The Kier molecular flexibility index (Phi) is 5.33. The molecule has 1 N–H and O–H groups in total. The van der Waals surface area contributed by atoms with Gasteiger partial charge in [0.25, 0.3) is 0 Å². The van der Waals surface area contributed by atoms with Crippen molar-refractivity contribution in [3.05, 3.63) is 0 Å². The van der Waals surface area contributed by atoms with Crippen LogP contribution < -0.4 is 5.32 Å². The summed E-state index contributed by atoms with van der Waals surface area (Å²) in [4.78, 5) is 12.1. The lowest BCUT2D eigenvalue weighted by molar-refractivity contribution is -0.132. The SMILES string of the molecule is CCC(C)(CC)NC(=O)C(C)(CC)CC. The zero-order chi connectivity index (χ0) is 12.1. The highest BCUT2D eigenvalue weighted by atomic mass is 16.2. The summed E-state index contributed by atoms with van der Waals surface area (Å²) in [7, 11) is 0. The van der Waals surface area contributed by atoms with Crippen molar-refractivity contribution < 1.29 is 4.79 Å². The van der Waals surface area contributed by atoms with Crippen LogP contribution in [-0.2, 0) is 4.79 Å². The highest BCUT2D eigenvalue weighted by Crippen LogP contribution is 2.27. The van der Waals surface area contributed by atoms with E-state index in [1.807, 2.05) is 6.92 Å². The molecule has 0 atom stereocenters. The fourth-order valence-electron chi connectivity index (χ4n) is 1.42. The van der Waals surface area contributed by atoms with Crippen LogP contribution in [-0.4, -0.2) is 11.4 Å². The smallest absolute Gasteiger partial charge is 0.226 e. The molecule has 0 aliphatic carbocycles. The van der Waals surface area contributed by atoms with Gasteiger partial charge in [-0.15, -0.1) is 0 Å². The Morgan fingerprint density at radius 2 is 1.33 bits per heavy atom. The molecular formula is C13H27NO. The number of amides is 1. The summed E-state index contributed by atoms with van der Waals surface area (Å²) >= 11 is 0. The Labute approximate surface area is 94.8 Å². The van der Waals surface area contributed by atoms with E-state index in [9.17, 15) is 4.79 Å². The zero-order valence-electron chi connectivity index (χ0n) is 11.2. The van der Waals surface area contributed by atoms with E-state index in [0.717, 1.165) is 25.7 Å². The highest BCUT2D eigenvalue weighted by molar-refractivity contribution is 5.82. The van der Waals surface area contributed by atoms with Crippen molar-refractivity contribution in [3.8, 4) is 0 Å². The summed E-state index contributed by atoms with van der Waals surface area (Å²) < 4.78 is 0. The van der Waals surface area contributed by atoms with Crippen molar-refractivity contribution in [1.29, 1.82) is 0 Å². The predicted molar refractivity (Wildman–Crippen MR) is 65.8 cm³/mol. The molecule has 0 spiro atoms. The Balaban J connectivity index is 4.60. The second-order valence-corrected chi connectivity index (χ2v) is 4.99. The molecule has 0 radical (unpaired) electrons. The van der Waals surface area contributed by atoms with Gasteiger partial charge in [0, 0.05) is 11.0 Å². The number of rotatable bonds is 6. The van der Waals surface area contributed by atoms with Crippen molar-refractivity contribution >= 4 is 5.91 Å². The lowest BCUT2D eigenvalue weighted by Crippen LogP contribution is -2.50. The predicted octanol–water partition coefficient (Wildman–Crippen LogP) is 3.51. The quantitative estimate of drug-likeness (QED) is 0.718. The molecule has 0 fully saturated rings. The van der Waals surface area contributed by atoms with Crippen LogP contribution in [0.2, 0.25) is 0 Å². The average Bonchev–Trinajstić information content (AvgIpc) is 2.27. The van der Waals surface area contributed by atoms with Crippen LogP contribution in [0.1, 0.15) is 67.2 Å². The van der Waals surface area contributed by atoms with E-state index >= 15 is 0 Å². The summed E-state index contributed by atoms with van der Waals surface area (Å²) in [5.74, 6) is 0.207. The molecule has 0 bridgehead atoms. The fourth-order valence-corrected chi connectivity index (χ4v) is 1.42. The molecule has 0 unspecified atom stereocenters. The van der Waals surface area contributed by atoms with Crippen molar-refractivity contribution in [1.82, 2.24) is 5.32 Å². The second-order valence-electron chi connectivity index (χ2n) is 4.99. The lowest BCUT2D eigenvalue weighted by atomic mass is 9.82.